The molecule has 0 atom stereocenters. The van der Waals surface area contributed by atoms with Gasteiger partial charge < -0.3 is 13.7 Å². The molecule has 2 aromatic heterocycles. The van der Waals surface area contributed by atoms with Crippen LogP contribution in [-0.4, -0.2) is 0 Å². The lowest BCUT2D eigenvalue weighted by atomic mass is 9.95. The second-order valence-corrected chi connectivity index (χ2v) is 11.0. The van der Waals surface area contributed by atoms with Crippen LogP contribution >= 0.6 is 0 Å². The number of hydrogen-bond acceptors (Lipinski definition) is 3. The number of para-hydroxylation sites is 3. The number of benzene rings is 7. The molecule has 0 saturated heterocycles. The molecule has 0 radical (unpaired) electrons. The molecule has 0 fully saturated rings. The molecule has 0 aliphatic rings. The first-order valence-corrected chi connectivity index (χ1v) is 14.5. The molecule has 0 aliphatic heterocycles. The quantitative estimate of drug-likeness (QED) is 0.218. The van der Waals surface area contributed by atoms with Crippen LogP contribution in [0.2, 0.25) is 0 Å². The first kappa shape index (κ1) is 23.9. The lowest BCUT2D eigenvalue weighted by Gasteiger charge is -2.25. The fourth-order valence-electron chi connectivity index (χ4n) is 6.46. The fourth-order valence-corrected chi connectivity index (χ4v) is 6.46. The van der Waals surface area contributed by atoms with Crippen molar-refractivity contribution in [2.45, 2.75) is 0 Å². The highest BCUT2D eigenvalue weighted by Crippen LogP contribution is 2.46. The first-order valence-electron chi connectivity index (χ1n) is 14.5. The zero-order chi connectivity index (χ0) is 28.3. The topological polar surface area (TPSA) is 29.5 Å². The summed E-state index contributed by atoms with van der Waals surface area (Å²) in [6.45, 7) is 0. The summed E-state index contributed by atoms with van der Waals surface area (Å²) in [4.78, 5) is 2.26. The van der Waals surface area contributed by atoms with Crippen LogP contribution in [0.5, 0.6) is 0 Å². The molecule has 0 saturated carbocycles. The maximum atomic E-state index is 6.87. The van der Waals surface area contributed by atoms with Gasteiger partial charge in [0.1, 0.15) is 22.3 Å². The van der Waals surface area contributed by atoms with Crippen molar-refractivity contribution in [3.63, 3.8) is 0 Å². The zero-order valence-corrected chi connectivity index (χ0v) is 23.2. The molecule has 0 aliphatic carbocycles. The molecule has 3 nitrogen and oxygen atoms in total. The molecular formula is C40H25NO2. The molecule has 202 valence electrons. The predicted octanol–water partition coefficient (Wildman–Crippen LogP) is 11.8. The number of anilines is 3. The lowest BCUT2D eigenvalue weighted by molar-refractivity contribution is 0.664. The van der Waals surface area contributed by atoms with Gasteiger partial charge in [0, 0.05) is 50.2 Å². The van der Waals surface area contributed by atoms with E-state index in [4.69, 9.17) is 8.83 Å². The van der Waals surface area contributed by atoms with Gasteiger partial charge in [-0.25, -0.2) is 0 Å². The minimum Gasteiger partial charge on any atom is -0.456 e. The number of hydrogen-bond donors (Lipinski definition) is 0. The SMILES string of the molecule is c1ccc(N(c2ccccc2)c2ccc3c(c2)oc2c(-c4ccc5ccccc5c4)c4c(cc23)oc2ccccc24)cc1. The van der Waals surface area contributed by atoms with Crippen molar-refractivity contribution in [1.82, 2.24) is 0 Å². The molecule has 43 heavy (non-hydrogen) atoms. The van der Waals surface area contributed by atoms with Crippen LogP contribution in [0.25, 0.3) is 65.8 Å². The van der Waals surface area contributed by atoms with Crippen molar-refractivity contribution in [3.05, 3.63) is 152 Å². The van der Waals surface area contributed by atoms with Crippen LogP contribution in [0.15, 0.2) is 160 Å². The van der Waals surface area contributed by atoms with E-state index < -0.39 is 0 Å². The third-order valence-electron chi connectivity index (χ3n) is 8.41. The number of fused-ring (bicyclic) bond motifs is 7. The molecule has 9 rings (SSSR count). The summed E-state index contributed by atoms with van der Waals surface area (Å²) in [5.41, 5.74) is 8.81. The van der Waals surface area contributed by atoms with Crippen molar-refractivity contribution in [2.24, 2.45) is 0 Å². The molecule has 2 heterocycles. The van der Waals surface area contributed by atoms with Gasteiger partial charge in [0.2, 0.25) is 0 Å². The van der Waals surface area contributed by atoms with E-state index in [1.165, 1.54) is 10.8 Å². The van der Waals surface area contributed by atoms with Gasteiger partial charge in [-0.05, 0) is 70.9 Å². The Bertz CT molecular complexity index is 2410. The Balaban J connectivity index is 1.34. The first-order chi connectivity index (χ1) is 21.3. The second kappa shape index (κ2) is 9.37. The summed E-state index contributed by atoms with van der Waals surface area (Å²) in [6, 6.07) is 52.9. The minimum absolute atomic E-state index is 0.836. The van der Waals surface area contributed by atoms with Gasteiger partial charge >= 0.3 is 0 Å². The molecule has 0 bridgehead atoms. The maximum absolute atomic E-state index is 6.87. The smallest absolute Gasteiger partial charge is 0.144 e. The predicted molar refractivity (Wildman–Crippen MR) is 179 cm³/mol. The normalized spacial score (nSPS) is 11.7. The van der Waals surface area contributed by atoms with Crippen molar-refractivity contribution >= 4 is 71.7 Å². The van der Waals surface area contributed by atoms with Gasteiger partial charge in [0.15, 0.2) is 0 Å². The summed E-state index contributed by atoms with van der Waals surface area (Å²) in [5, 5.41) is 6.67. The van der Waals surface area contributed by atoms with Gasteiger partial charge in [-0.15, -0.1) is 0 Å². The van der Waals surface area contributed by atoms with Gasteiger partial charge in [-0.1, -0.05) is 91.0 Å². The van der Waals surface area contributed by atoms with E-state index in [9.17, 15) is 0 Å². The molecule has 0 unspecified atom stereocenters. The third-order valence-corrected chi connectivity index (χ3v) is 8.41. The minimum atomic E-state index is 0.836. The van der Waals surface area contributed by atoms with Crippen LogP contribution in [0.3, 0.4) is 0 Å². The maximum Gasteiger partial charge on any atom is 0.144 e. The van der Waals surface area contributed by atoms with Gasteiger partial charge in [0.25, 0.3) is 0 Å². The average Bonchev–Trinajstić information content (AvgIpc) is 3.62. The Morgan fingerprint density at radius 2 is 1.09 bits per heavy atom. The van der Waals surface area contributed by atoms with Gasteiger partial charge in [0.05, 0.1) is 0 Å². The second-order valence-electron chi connectivity index (χ2n) is 11.0. The number of furan rings is 2. The monoisotopic (exact) mass is 551 g/mol. The van der Waals surface area contributed by atoms with Crippen LogP contribution in [0.4, 0.5) is 17.1 Å². The molecule has 0 spiro atoms. The van der Waals surface area contributed by atoms with Gasteiger partial charge in [-0.3, -0.25) is 0 Å². The largest absolute Gasteiger partial charge is 0.456 e. The highest BCUT2D eigenvalue weighted by Gasteiger charge is 2.22. The lowest BCUT2D eigenvalue weighted by Crippen LogP contribution is -2.09. The number of rotatable bonds is 4. The summed E-state index contributed by atoms with van der Waals surface area (Å²) in [6.07, 6.45) is 0. The summed E-state index contributed by atoms with van der Waals surface area (Å²) < 4.78 is 13.3. The third kappa shape index (κ3) is 3.75. The molecule has 0 N–H and O–H groups in total. The van der Waals surface area contributed by atoms with Crippen molar-refractivity contribution in [1.29, 1.82) is 0 Å². The summed E-state index contributed by atoms with van der Waals surface area (Å²) in [7, 11) is 0. The Labute approximate surface area is 247 Å². The Hall–Kier alpha value is -5.80. The molecular weight excluding hydrogens is 526 g/mol. The van der Waals surface area contributed by atoms with Crippen LogP contribution in [0, 0.1) is 0 Å². The Morgan fingerprint density at radius 1 is 0.395 bits per heavy atom. The number of nitrogens with zero attached hydrogens (tertiary/aromatic N) is 1. The summed E-state index contributed by atoms with van der Waals surface area (Å²) in [5.74, 6) is 0. The van der Waals surface area contributed by atoms with E-state index in [1.807, 2.05) is 24.3 Å². The van der Waals surface area contributed by atoms with Crippen molar-refractivity contribution in [3.8, 4) is 11.1 Å². The molecule has 7 aromatic carbocycles. The van der Waals surface area contributed by atoms with E-state index >= 15 is 0 Å². The van der Waals surface area contributed by atoms with Crippen molar-refractivity contribution < 1.29 is 8.83 Å². The Morgan fingerprint density at radius 3 is 1.88 bits per heavy atom. The van der Waals surface area contributed by atoms with Gasteiger partial charge in [-0.2, -0.15) is 0 Å². The van der Waals surface area contributed by atoms with E-state index in [0.29, 0.717) is 0 Å². The zero-order valence-electron chi connectivity index (χ0n) is 23.2. The fraction of sp³-hybridized carbons (Fsp3) is 0. The van der Waals surface area contributed by atoms with Crippen LogP contribution in [-0.2, 0) is 0 Å². The standard InChI is InChI=1S/C40H25NO2/c1-3-13-29(14-4-1)41(30-15-5-2-6-16-30)31-21-22-32-34-25-37-39(33-17-9-10-18-35(33)42-37)38(40(34)43-36(32)24-31)28-20-19-26-11-7-8-12-27(26)23-28/h1-25H. The molecule has 9 aromatic rings. The molecule has 0 amide bonds. The molecule has 3 heteroatoms. The average molecular weight is 552 g/mol. The van der Waals surface area contributed by atoms with E-state index in [0.717, 1.165) is 72.1 Å². The van der Waals surface area contributed by atoms with Crippen LogP contribution < -0.4 is 4.90 Å². The van der Waals surface area contributed by atoms with E-state index in [1.54, 1.807) is 0 Å². The Kier molecular flexibility index (Phi) is 5.20. The highest BCUT2D eigenvalue weighted by atomic mass is 16.3. The highest BCUT2D eigenvalue weighted by molar-refractivity contribution is 6.24. The van der Waals surface area contributed by atoms with E-state index in [2.05, 4.69) is 132 Å². The van der Waals surface area contributed by atoms with E-state index in [-0.39, 0.29) is 0 Å². The summed E-state index contributed by atoms with van der Waals surface area (Å²) >= 11 is 0. The van der Waals surface area contributed by atoms with Crippen LogP contribution in [0.1, 0.15) is 0 Å². The van der Waals surface area contributed by atoms with Crippen molar-refractivity contribution in [2.75, 3.05) is 4.90 Å².